The summed E-state index contributed by atoms with van der Waals surface area (Å²) in [4.78, 5) is 13.7. The average molecular weight is 447 g/mol. The van der Waals surface area contributed by atoms with Crippen LogP contribution in [0.25, 0.3) is 22.4 Å². The summed E-state index contributed by atoms with van der Waals surface area (Å²) in [5.41, 5.74) is 8.29. The molecule has 2 N–H and O–H groups in total. The van der Waals surface area contributed by atoms with Crippen LogP contribution in [0.15, 0.2) is 24.3 Å². The zero-order valence-electron chi connectivity index (χ0n) is 19.8. The van der Waals surface area contributed by atoms with Gasteiger partial charge in [0.25, 0.3) is 5.91 Å². The first-order valence-corrected chi connectivity index (χ1v) is 11.4. The molecule has 0 atom stereocenters. The number of nitrogens with one attached hydrogen (secondary N) is 1. The van der Waals surface area contributed by atoms with E-state index >= 15 is 0 Å². The van der Waals surface area contributed by atoms with Crippen molar-refractivity contribution in [1.82, 2.24) is 9.88 Å². The van der Waals surface area contributed by atoms with Crippen LogP contribution in [0.3, 0.4) is 0 Å². The van der Waals surface area contributed by atoms with Crippen molar-refractivity contribution >= 4 is 5.91 Å². The lowest BCUT2D eigenvalue weighted by atomic mass is 9.92. The number of nitrogens with zero attached hydrogens (tertiary/aromatic N) is 1. The first-order valence-electron chi connectivity index (χ1n) is 11.4. The molecule has 1 aliphatic carbocycles. The van der Waals surface area contributed by atoms with Gasteiger partial charge in [-0.3, -0.25) is 4.79 Å². The number of carbonyl (C=O) groups excluding carboxylic acids is 1. The Kier molecular flexibility index (Phi) is 5.11. The second-order valence-electron chi connectivity index (χ2n) is 9.16. The van der Waals surface area contributed by atoms with E-state index in [1.54, 1.807) is 14.2 Å². The van der Waals surface area contributed by atoms with Gasteiger partial charge >= 0.3 is 0 Å². The Morgan fingerprint density at radius 2 is 1.67 bits per heavy atom. The monoisotopic (exact) mass is 446 g/mol. The molecule has 2 heterocycles. The fraction of sp³-hybridized carbons (Fsp3) is 0.370. The number of amides is 1. The fourth-order valence-corrected chi connectivity index (χ4v) is 5.04. The highest BCUT2D eigenvalue weighted by molar-refractivity contribution is 6.08. The molecule has 2 aromatic carbocycles. The molecule has 1 fully saturated rings. The number of carbonyl (C=O) groups is 1. The smallest absolute Gasteiger partial charge is 0.254 e. The van der Waals surface area contributed by atoms with Crippen molar-refractivity contribution in [2.75, 3.05) is 14.2 Å². The maximum Gasteiger partial charge on any atom is 0.254 e. The predicted octanol–water partition coefficient (Wildman–Crippen LogP) is 4.92. The molecule has 2 aliphatic rings. The quantitative estimate of drug-likeness (QED) is 0.584. The highest BCUT2D eigenvalue weighted by atomic mass is 16.5. The lowest BCUT2D eigenvalue weighted by Crippen LogP contribution is -2.26. The van der Waals surface area contributed by atoms with Gasteiger partial charge in [-0.05, 0) is 86.6 Å². The zero-order chi connectivity index (χ0) is 23.4. The van der Waals surface area contributed by atoms with Crippen molar-refractivity contribution in [3.8, 4) is 39.6 Å². The van der Waals surface area contributed by atoms with E-state index in [0.29, 0.717) is 22.8 Å². The van der Waals surface area contributed by atoms with E-state index in [4.69, 9.17) is 9.47 Å². The maximum absolute atomic E-state index is 13.7. The summed E-state index contributed by atoms with van der Waals surface area (Å²) in [5.74, 6) is 1.60. The molecule has 1 saturated carbocycles. The van der Waals surface area contributed by atoms with E-state index in [9.17, 15) is 9.90 Å². The zero-order valence-corrected chi connectivity index (χ0v) is 19.8. The van der Waals surface area contributed by atoms with E-state index in [1.807, 2.05) is 38.1 Å². The van der Waals surface area contributed by atoms with Crippen molar-refractivity contribution in [2.45, 2.75) is 52.6 Å². The number of benzene rings is 2. The van der Waals surface area contributed by atoms with E-state index < -0.39 is 0 Å². The first-order chi connectivity index (χ1) is 15.8. The van der Waals surface area contributed by atoms with Gasteiger partial charge < -0.3 is 24.5 Å². The predicted molar refractivity (Wildman–Crippen MR) is 128 cm³/mol. The summed E-state index contributed by atoms with van der Waals surface area (Å²) in [6.45, 7) is 6.65. The molecule has 1 aliphatic heterocycles. The number of aromatic nitrogens is 1. The third kappa shape index (κ3) is 3.45. The highest BCUT2D eigenvalue weighted by Gasteiger charge is 2.34. The summed E-state index contributed by atoms with van der Waals surface area (Å²) in [6, 6.07) is 8.21. The van der Waals surface area contributed by atoms with Crippen LogP contribution in [0, 0.1) is 20.8 Å². The number of phenolic OH excluding ortho intramolecular Hbond substituents is 1. The van der Waals surface area contributed by atoms with Crippen LogP contribution in [-0.2, 0) is 13.0 Å². The number of hydrogen-bond donors (Lipinski definition) is 2. The third-order valence-electron chi connectivity index (χ3n) is 6.91. The number of methoxy groups -OCH3 is 2. The molecule has 33 heavy (non-hydrogen) atoms. The van der Waals surface area contributed by atoms with Crippen LogP contribution in [0.1, 0.15) is 45.6 Å². The second-order valence-corrected chi connectivity index (χ2v) is 9.16. The number of aromatic hydroxyl groups is 1. The molecule has 3 aromatic rings. The summed E-state index contributed by atoms with van der Waals surface area (Å²) < 4.78 is 13.4. The van der Waals surface area contributed by atoms with Gasteiger partial charge in [0.1, 0.15) is 5.75 Å². The topological polar surface area (TPSA) is 72.7 Å². The number of hydrogen-bond acceptors (Lipinski definition) is 4. The Morgan fingerprint density at radius 3 is 2.27 bits per heavy atom. The fourth-order valence-electron chi connectivity index (χ4n) is 5.04. The van der Waals surface area contributed by atoms with Gasteiger partial charge in [-0.2, -0.15) is 0 Å². The first kappa shape index (κ1) is 21.4. The van der Waals surface area contributed by atoms with E-state index in [1.165, 1.54) is 0 Å². The van der Waals surface area contributed by atoms with Crippen LogP contribution >= 0.6 is 0 Å². The third-order valence-corrected chi connectivity index (χ3v) is 6.91. The molecule has 5 rings (SSSR count). The van der Waals surface area contributed by atoms with Crippen molar-refractivity contribution in [3.63, 3.8) is 0 Å². The average Bonchev–Trinajstić information content (AvgIpc) is 3.56. The van der Waals surface area contributed by atoms with Crippen LogP contribution in [0.2, 0.25) is 0 Å². The maximum atomic E-state index is 13.7. The molecule has 0 unspecified atom stereocenters. The molecule has 1 amide bonds. The van der Waals surface area contributed by atoms with Crippen molar-refractivity contribution in [2.24, 2.45) is 0 Å². The normalized spacial score (nSPS) is 14.5. The summed E-state index contributed by atoms with van der Waals surface area (Å²) in [6.07, 6.45) is 2.89. The largest absolute Gasteiger partial charge is 0.507 e. The molecule has 0 spiro atoms. The molecule has 6 nitrogen and oxygen atoms in total. The number of ether oxygens (including phenoxy) is 2. The standard InChI is InChI=1S/C27H30N2O4/c1-14-10-18(11-15(2)26(14)30)23-16(3)29-9-8-17-12-21(32-4)22(33-5)13-20(17)25(29)24(23)27(31)28-19-6-7-19/h10-13,19,30H,6-9H2,1-5H3,(H,28,31). The van der Waals surface area contributed by atoms with Crippen molar-refractivity contribution in [3.05, 3.63) is 52.2 Å². The van der Waals surface area contributed by atoms with Crippen LogP contribution < -0.4 is 14.8 Å². The molecule has 172 valence electrons. The lowest BCUT2D eigenvalue weighted by molar-refractivity contribution is 0.0952. The van der Waals surface area contributed by atoms with Crippen LogP contribution in [0.4, 0.5) is 0 Å². The highest BCUT2D eigenvalue weighted by Crippen LogP contribution is 2.46. The Balaban J connectivity index is 1.80. The van der Waals surface area contributed by atoms with E-state index in [-0.39, 0.29) is 11.9 Å². The summed E-state index contributed by atoms with van der Waals surface area (Å²) in [7, 11) is 3.27. The van der Waals surface area contributed by atoms with Gasteiger partial charge in [-0.15, -0.1) is 0 Å². The van der Waals surface area contributed by atoms with Crippen molar-refractivity contribution < 1.29 is 19.4 Å². The second kappa shape index (κ2) is 7.87. The summed E-state index contributed by atoms with van der Waals surface area (Å²) in [5, 5.41) is 13.6. The Bertz CT molecular complexity index is 1260. The molecule has 0 radical (unpaired) electrons. The molecular weight excluding hydrogens is 416 g/mol. The van der Waals surface area contributed by atoms with Crippen molar-refractivity contribution in [1.29, 1.82) is 0 Å². The van der Waals surface area contributed by atoms with Crippen LogP contribution in [0.5, 0.6) is 17.2 Å². The minimum atomic E-state index is -0.0460. The Labute approximate surface area is 194 Å². The molecule has 6 heteroatoms. The number of rotatable bonds is 5. The molecular formula is C27H30N2O4. The Hall–Kier alpha value is -3.41. The minimum Gasteiger partial charge on any atom is -0.507 e. The SMILES string of the molecule is COc1cc2c(cc1OC)-c1c(C(=O)NC3CC3)c(-c3cc(C)c(O)c(C)c3)c(C)n1CC2. The van der Waals surface area contributed by atoms with Gasteiger partial charge in [0.05, 0.1) is 25.5 Å². The molecule has 0 saturated heterocycles. The minimum absolute atomic E-state index is 0.0460. The van der Waals surface area contributed by atoms with Gasteiger partial charge in [-0.1, -0.05) is 0 Å². The van der Waals surface area contributed by atoms with Gasteiger partial charge in [0.2, 0.25) is 0 Å². The Morgan fingerprint density at radius 1 is 1.03 bits per heavy atom. The molecule has 1 aromatic heterocycles. The lowest BCUT2D eigenvalue weighted by Gasteiger charge is -2.23. The number of fused-ring (bicyclic) bond motifs is 3. The van der Waals surface area contributed by atoms with Gasteiger partial charge in [0, 0.05) is 29.4 Å². The number of aryl methyl sites for hydroxylation is 3. The number of phenols is 1. The van der Waals surface area contributed by atoms with E-state index in [2.05, 4.69) is 16.8 Å². The van der Waals surface area contributed by atoms with Crippen LogP contribution in [-0.4, -0.2) is 35.8 Å². The van der Waals surface area contributed by atoms with Gasteiger partial charge in [0.15, 0.2) is 11.5 Å². The molecule has 0 bridgehead atoms. The summed E-state index contributed by atoms with van der Waals surface area (Å²) >= 11 is 0. The van der Waals surface area contributed by atoms with E-state index in [0.717, 1.165) is 70.6 Å². The van der Waals surface area contributed by atoms with Gasteiger partial charge in [-0.25, -0.2) is 0 Å².